The van der Waals surface area contributed by atoms with Crippen LogP contribution in [0.2, 0.25) is 5.02 Å². The highest BCUT2D eigenvalue weighted by Gasteiger charge is 2.27. The lowest BCUT2D eigenvalue weighted by atomic mass is 10.2. The number of amidine groups is 1. The highest BCUT2D eigenvalue weighted by atomic mass is 35.5. The maximum Gasteiger partial charge on any atom is 0.286 e. The van der Waals surface area contributed by atoms with E-state index < -0.39 is 0 Å². The predicted octanol–water partition coefficient (Wildman–Crippen LogP) is 4.22. The number of morpholine rings is 1. The smallest absolute Gasteiger partial charge is 0.286 e. The van der Waals surface area contributed by atoms with E-state index in [-0.39, 0.29) is 5.91 Å². The monoisotopic (exact) mass is 414 g/mol. The summed E-state index contributed by atoms with van der Waals surface area (Å²) in [5, 5.41) is 1.45. The van der Waals surface area contributed by atoms with Crippen molar-refractivity contribution in [2.75, 3.05) is 26.3 Å². The van der Waals surface area contributed by atoms with Gasteiger partial charge in [0.25, 0.3) is 5.91 Å². The van der Waals surface area contributed by atoms with Gasteiger partial charge >= 0.3 is 0 Å². The van der Waals surface area contributed by atoms with Crippen LogP contribution in [-0.4, -0.2) is 42.3 Å². The van der Waals surface area contributed by atoms with Gasteiger partial charge < -0.3 is 14.4 Å². The highest BCUT2D eigenvalue weighted by molar-refractivity contribution is 8.18. The van der Waals surface area contributed by atoms with Gasteiger partial charge in [0.2, 0.25) is 0 Å². The first-order valence-electron chi connectivity index (χ1n) is 9.00. The molecule has 1 amide bonds. The van der Waals surface area contributed by atoms with Crippen LogP contribution in [0.15, 0.2) is 58.4 Å². The topological polar surface area (TPSA) is 51.1 Å². The minimum Gasteiger partial charge on any atom is -0.488 e. The Morgan fingerprint density at radius 3 is 2.68 bits per heavy atom. The SMILES string of the molecule is O=C1N=C(N2CCOCC2)SC1=Cc1ccccc1OCc1ccc(Cl)cc1. The molecule has 28 heavy (non-hydrogen) atoms. The number of carbonyl (C=O) groups excluding carboxylic acids is 1. The normalized spacial score (nSPS) is 18.5. The molecule has 0 saturated carbocycles. The van der Waals surface area contributed by atoms with Crippen molar-refractivity contribution in [1.82, 2.24) is 4.90 Å². The summed E-state index contributed by atoms with van der Waals surface area (Å²) < 4.78 is 11.3. The molecule has 0 bridgehead atoms. The fraction of sp³-hybridized carbons (Fsp3) is 0.238. The second kappa shape index (κ2) is 8.82. The Bertz CT molecular complexity index is 922. The Hall–Kier alpha value is -2.28. The van der Waals surface area contributed by atoms with Crippen molar-refractivity contribution in [3.8, 4) is 5.75 Å². The Labute approximate surface area is 173 Å². The molecule has 0 unspecified atom stereocenters. The summed E-state index contributed by atoms with van der Waals surface area (Å²) >= 11 is 7.33. The molecule has 5 nitrogen and oxygen atoms in total. The van der Waals surface area contributed by atoms with Crippen LogP contribution in [0.1, 0.15) is 11.1 Å². The summed E-state index contributed by atoms with van der Waals surface area (Å²) in [6, 6.07) is 15.2. The first-order valence-corrected chi connectivity index (χ1v) is 10.2. The summed E-state index contributed by atoms with van der Waals surface area (Å²) in [7, 11) is 0. The lowest BCUT2D eigenvalue weighted by Gasteiger charge is -2.27. The minimum absolute atomic E-state index is 0.209. The summed E-state index contributed by atoms with van der Waals surface area (Å²) in [5.74, 6) is 0.511. The van der Waals surface area contributed by atoms with Gasteiger partial charge in [0.05, 0.1) is 18.1 Å². The number of aliphatic imine (C=N–C) groups is 1. The Kier molecular flexibility index (Phi) is 6.00. The van der Waals surface area contributed by atoms with Gasteiger partial charge in [-0.25, -0.2) is 0 Å². The third kappa shape index (κ3) is 4.58. The molecule has 0 spiro atoms. The predicted molar refractivity (Wildman–Crippen MR) is 113 cm³/mol. The second-order valence-corrected chi connectivity index (χ2v) is 7.81. The number of hydrogen-bond donors (Lipinski definition) is 0. The van der Waals surface area contributed by atoms with Gasteiger partial charge in [0, 0.05) is 23.7 Å². The average Bonchev–Trinajstić information content (AvgIpc) is 3.10. The molecular formula is C21H19ClN2O3S. The van der Waals surface area contributed by atoms with E-state index in [1.54, 1.807) is 0 Å². The number of hydrogen-bond acceptors (Lipinski definition) is 5. The Morgan fingerprint density at radius 1 is 1.14 bits per heavy atom. The van der Waals surface area contributed by atoms with E-state index in [1.165, 1.54) is 11.8 Å². The van der Waals surface area contributed by atoms with Crippen LogP contribution in [0.5, 0.6) is 5.75 Å². The average molecular weight is 415 g/mol. The number of thioether (sulfide) groups is 1. The second-order valence-electron chi connectivity index (χ2n) is 6.36. The van der Waals surface area contributed by atoms with Crippen LogP contribution in [0.3, 0.4) is 0 Å². The van der Waals surface area contributed by atoms with Crippen molar-refractivity contribution < 1.29 is 14.3 Å². The molecule has 7 heteroatoms. The van der Waals surface area contributed by atoms with Gasteiger partial charge in [-0.05, 0) is 41.6 Å². The van der Waals surface area contributed by atoms with E-state index in [1.807, 2.05) is 54.6 Å². The van der Waals surface area contributed by atoms with Crippen molar-refractivity contribution in [1.29, 1.82) is 0 Å². The minimum atomic E-state index is -0.209. The molecule has 144 valence electrons. The summed E-state index contributed by atoms with van der Waals surface area (Å²) in [5.41, 5.74) is 1.88. The largest absolute Gasteiger partial charge is 0.488 e. The maximum absolute atomic E-state index is 12.4. The van der Waals surface area contributed by atoms with Gasteiger partial charge in [0.1, 0.15) is 12.4 Å². The molecule has 0 aliphatic carbocycles. The first kappa shape index (κ1) is 19.1. The van der Waals surface area contributed by atoms with Crippen molar-refractivity contribution in [3.05, 3.63) is 69.6 Å². The van der Waals surface area contributed by atoms with E-state index in [0.717, 1.165) is 35.1 Å². The van der Waals surface area contributed by atoms with Crippen LogP contribution < -0.4 is 4.74 Å². The van der Waals surface area contributed by atoms with Crippen LogP contribution >= 0.6 is 23.4 Å². The van der Waals surface area contributed by atoms with Crippen LogP contribution in [0, 0.1) is 0 Å². The zero-order valence-electron chi connectivity index (χ0n) is 15.1. The molecule has 0 aromatic heterocycles. The number of carbonyl (C=O) groups is 1. The quantitative estimate of drug-likeness (QED) is 0.701. The Balaban J connectivity index is 1.47. The van der Waals surface area contributed by atoms with Crippen LogP contribution in [0.4, 0.5) is 0 Å². The lowest BCUT2D eigenvalue weighted by Crippen LogP contribution is -2.38. The van der Waals surface area contributed by atoms with E-state index in [4.69, 9.17) is 21.1 Å². The van der Waals surface area contributed by atoms with Crippen molar-refractivity contribution in [3.63, 3.8) is 0 Å². The number of amides is 1. The number of nitrogens with zero attached hydrogens (tertiary/aromatic N) is 2. The molecule has 2 aromatic rings. The fourth-order valence-electron chi connectivity index (χ4n) is 2.90. The molecule has 0 radical (unpaired) electrons. The molecule has 0 N–H and O–H groups in total. The molecule has 2 aromatic carbocycles. The van der Waals surface area contributed by atoms with Gasteiger partial charge in [-0.1, -0.05) is 41.9 Å². The number of rotatable bonds is 4. The first-order chi connectivity index (χ1) is 13.7. The highest BCUT2D eigenvalue weighted by Crippen LogP contribution is 2.32. The van der Waals surface area contributed by atoms with Crippen LogP contribution in [0.25, 0.3) is 6.08 Å². The van der Waals surface area contributed by atoms with Gasteiger partial charge in [0.15, 0.2) is 5.17 Å². The van der Waals surface area contributed by atoms with Gasteiger partial charge in [-0.15, -0.1) is 0 Å². The molecular weight excluding hydrogens is 396 g/mol. The summed E-state index contributed by atoms with van der Waals surface area (Å²) in [6.45, 7) is 3.26. The van der Waals surface area contributed by atoms with Gasteiger partial charge in [-0.3, -0.25) is 4.79 Å². The lowest BCUT2D eigenvalue weighted by molar-refractivity contribution is -0.113. The molecule has 2 heterocycles. The number of benzene rings is 2. The molecule has 1 fully saturated rings. The molecule has 2 aliphatic heterocycles. The zero-order valence-corrected chi connectivity index (χ0v) is 16.7. The van der Waals surface area contributed by atoms with E-state index in [2.05, 4.69) is 9.89 Å². The van der Waals surface area contributed by atoms with Gasteiger partial charge in [-0.2, -0.15) is 4.99 Å². The number of para-hydroxylation sites is 1. The van der Waals surface area contributed by atoms with E-state index in [9.17, 15) is 4.79 Å². The molecule has 4 rings (SSSR count). The van der Waals surface area contributed by atoms with Crippen molar-refractivity contribution >= 4 is 40.5 Å². The fourth-order valence-corrected chi connectivity index (χ4v) is 3.98. The molecule has 1 saturated heterocycles. The number of halogens is 1. The zero-order chi connectivity index (χ0) is 19.3. The summed E-state index contributed by atoms with van der Waals surface area (Å²) in [4.78, 5) is 19.3. The molecule has 2 aliphatic rings. The van der Waals surface area contributed by atoms with Crippen LogP contribution in [-0.2, 0) is 16.1 Å². The van der Waals surface area contributed by atoms with E-state index in [0.29, 0.717) is 29.7 Å². The van der Waals surface area contributed by atoms with E-state index >= 15 is 0 Å². The third-order valence-corrected chi connectivity index (χ3v) is 5.70. The maximum atomic E-state index is 12.4. The standard InChI is InChI=1S/C21H19ClN2O3S/c22-17-7-5-15(6-8-17)14-27-18-4-2-1-3-16(18)13-19-20(25)23-21(28-19)24-9-11-26-12-10-24/h1-8,13H,9-12,14H2. The van der Waals surface area contributed by atoms with Crippen molar-refractivity contribution in [2.24, 2.45) is 4.99 Å². The van der Waals surface area contributed by atoms with Crippen molar-refractivity contribution in [2.45, 2.75) is 6.61 Å². The summed E-state index contributed by atoms with van der Waals surface area (Å²) in [6.07, 6.45) is 1.85. The Morgan fingerprint density at radius 2 is 1.89 bits per heavy atom. The third-order valence-electron chi connectivity index (χ3n) is 4.40. The number of ether oxygens (including phenoxy) is 2. The molecule has 0 atom stereocenters.